The van der Waals surface area contributed by atoms with Gasteiger partial charge in [0.25, 0.3) is 5.56 Å². The summed E-state index contributed by atoms with van der Waals surface area (Å²) in [5, 5.41) is 2.03. The van der Waals surface area contributed by atoms with Crippen molar-refractivity contribution < 1.29 is 4.74 Å². The Hall–Kier alpha value is -2.18. The van der Waals surface area contributed by atoms with Gasteiger partial charge in [-0.2, -0.15) is 0 Å². The van der Waals surface area contributed by atoms with Crippen LogP contribution in [0.3, 0.4) is 0 Å². The number of nitrogens with zero attached hydrogens (tertiary/aromatic N) is 3. The Kier molecular flexibility index (Phi) is 5.02. The molecule has 3 heterocycles. The molecule has 0 spiro atoms. The Morgan fingerprint density at radius 2 is 1.96 bits per heavy atom. The maximum absolute atomic E-state index is 12.8. The standard InChI is InChI=1S/C21H25N3O2S/c1-14(2)26-17-6-4-16(5-7-17)12-23-9-8-18-22-19-15(3)13-27-20(19)21(25)24(18)11-10-23/h4-7,13-14H,8-12H2,1-3H3. The number of fused-ring (bicyclic) bond motifs is 2. The molecule has 2 aromatic heterocycles. The molecular formula is C21H25N3O2S. The topological polar surface area (TPSA) is 47.4 Å². The van der Waals surface area contributed by atoms with Gasteiger partial charge in [0.2, 0.25) is 0 Å². The Bertz CT molecular complexity index is 1000. The summed E-state index contributed by atoms with van der Waals surface area (Å²) in [4.78, 5) is 20.0. The zero-order valence-electron chi connectivity index (χ0n) is 16.1. The summed E-state index contributed by atoms with van der Waals surface area (Å²) < 4.78 is 8.37. The lowest BCUT2D eigenvalue weighted by atomic mass is 10.2. The first kappa shape index (κ1) is 18.2. The second-order valence-electron chi connectivity index (χ2n) is 7.42. The average molecular weight is 384 g/mol. The molecule has 0 aliphatic carbocycles. The second kappa shape index (κ2) is 7.44. The van der Waals surface area contributed by atoms with E-state index in [2.05, 4.69) is 17.0 Å². The van der Waals surface area contributed by atoms with Crippen molar-refractivity contribution in [2.75, 3.05) is 13.1 Å². The number of benzene rings is 1. The minimum atomic E-state index is 0.116. The van der Waals surface area contributed by atoms with Crippen LogP contribution in [0.4, 0.5) is 0 Å². The monoisotopic (exact) mass is 383 g/mol. The minimum absolute atomic E-state index is 0.116. The van der Waals surface area contributed by atoms with Crippen LogP contribution in [0.5, 0.6) is 5.75 Å². The van der Waals surface area contributed by atoms with Gasteiger partial charge in [-0.25, -0.2) is 4.98 Å². The Morgan fingerprint density at radius 3 is 2.70 bits per heavy atom. The molecule has 0 bridgehead atoms. The van der Waals surface area contributed by atoms with Crippen LogP contribution in [0.1, 0.15) is 30.8 Å². The molecule has 0 amide bonds. The normalized spacial score (nSPS) is 15.1. The predicted octanol–water partition coefficient (Wildman–Crippen LogP) is 3.61. The smallest absolute Gasteiger partial charge is 0.271 e. The summed E-state index contributed by atoms with van der Waals surface area (Å²) in [6.45, 7) is 9.42. The van der Waals surface area contributed by atoms with Crippen molar-refractivity contribution in [1.29, 1.82) is 0 Å². The maximum Gasteiger partial charge on any atom is 0.271 e. The highest BCUT2D eigenvalue weighted by molar-refractivity contribution is 7.17. The van der Waals surface area contributed by atoms with E-state index in [4.69, 9.17) is 9.72 Å². The van der Waals surface area contributed by atoms with Gasteiger partial charge in [0.1, 0.15) is 16.3 Å². The lowest BCUT2D eigenvalue weighted by Crippen LogP contribution is -2.28. The van der Waals surface area contributed by atoms with Crippen molar-refractivity contribution >= 4 is 21.6 Å². The van der Waals surface area contributed by atoms with E-state index in [1.54, 1.807) is 0 Å². The molecule has 0 fully saturated rings. The summed E-state index contributed by atoms with van der Waals surface area (Å²) in [7, 11) is 0. The molecule has 1 aromatic carbocycles. The molecule has 6 heteroatoms. The van der Waals surface area contributed by atoms with Crippen LogP contribution in [0.2, 0.25) is 0 Å². The predicted molar refractivity (Wildman–Crippen MR) is 110 cm³/mol. The molecule has 0 N–H and O–H groups in total. The molecule has 0 radical (unpaired) electrons. The van der Waals surface area contributed by atoms with Gasteiger partial charge in [-0.3, -0.25) is 14.3 Å². The van der Waals surface area contributed by atoms with Gasteiger partial charge in [0.15, 0.2) is 0 Å². The third kappa shape index (κ3) is 3.77. The van der Waals surface area contributed by atoms with Gasteiger partial charge < -0.3 is 4.74 Å². The Morgan fingerprint density at radius 1 is 1.19 bits per heavy atom. The summed E-state index contributed by atoms with van der Waals surface area (Å²) in [6, 6.07) is 8.31. The van der Waals surface area contributed by atoms with E-state index in [0.29, 0.717) is 6.54 Å². The minimum Gasteiger partial charge on any atom is -0.491 e. The summed E-state index contributed by atoms with van der Waals surface area (Å²) in [6.07, 6.45) is 0.985. The fourth-order valence-electron chi connectivity index (χ4n) is 3.55. The SMILES string of the molecule is Cc1csc2c(=O)n3c(nc12)CCN(Cc1ccc(OC(C)C)cc1)CC3. The number of aromatic nitrogens is 2. The van der Waals surface area contributed by atoms with E-state index < -0.39 is 0 Å². The van der Waals surface area contributed by atoms with Gasteiger partial charge in [-0.15, -0.1) is 11.3 Å². The Labute approximate surface area is 163 Å². The zero-order valence-corrected chi connectivity index (χ0v) is 16.9. The lowest BCUT2D eigenvalue weighted by Gasteiger charge is -2.19. The van der Waals surface area contributed by atoms with E-state index in [0.717, 1.165) is 53.4 Å². The quantitative estimate of drug-likeness (QED) is 0.690. The van der Waals surface area contributed by atoms with E-state index in [9.17, 15) is 4.79 Å². The lowest BCUT2D eigenvalue weighted by molar-refractivity contribution is 0.242. The van der Waals surface area contributed by atoms with Gasteiger partial charge >= 0.3 is 0 Å². The van der Waals surface area contributed by atoms with Gasteiger partial charge in [-0.05, 0) is 49.4 Å². The summed E-state index contributed by atoms with van der Waals surface area (Å²) in [5.74, 6) is 1.82. The van der Waals surface area contributed by atoms with Crippen LogP contribution in [-0.4, -0.2) is 33.6 Å². The van der Waals surface area contributed by atoms with Crippen LogP contribution >= 0.6 is 11.3 Å². The maximum atomic E-state index is 12.8. The molecule has 0 atom stereocenters. The number of rotatable bonds is 4. The van der Waals surface area contributed by atoms with Crippen molar-refractivity contribution in [2.24, 2.45) is 0 Å². The Balaban J connectivity index is 1.49. The van der Waals surface area contributed by atoms with Gasteiger partial charge in [0, 0.05) is 32.6 Å². The van der Waals surface area contributed by atoms with E-state index >= 15 is 0 Å². The second-order valence-corrected chi connectivity index (χ2v) is 8.30. The molecule has 3 aromatic rings. The van der Waals surface area contributed by atoms with Crippen LogP contribution in [0, 0.1) is 6.92 Å². The van der Waals surface area contributed by atoms with Gasteiger partial charge in [-0.1, -0.05) is 12.1 Å². The summed E-state index contributed by atoms with van der Waals surface area (Å²) in [5.41, 5.74) is 3.35. The third-order valence-electron chi connectivity index (χ3n) is 4.93. The number of ether oxygens (including phenoxy) is 1. The van der Waals surface area contributed by atoms with E-state index in [1.165, 1.54) is 16.9 Å². The largest absolute Gasteiger partial charge is 0.491 e. The molecule has 0 saturated heterocycles. The third-order valence-corrected chi connectivity index (χ3v) is 6.00. The first-order chi connectivity index (χ1) is 13.0. The van der Waals surface area contributed by atoms with E-state index in [1.807, 2.05) is 42.9 Å². The van der Waals surface area contributed by atoms with Crippen molar-refractivity contribution in [1.82, 2.24) is 14.5 Å². The van der Waals surface area contributed by atoms with E-state index in [-0.39, 0.29) is 11.7 Å². The molecule has 1 aliphatic rings. The van der Waals surface area contributed by atoms with Crippen LogP contribution in [0.25, 0.3) is 10.2 Å². The summed E-state index contributed by atoms with van der Waals surface area (Å²) >= 11 is 1.51. The van der Waals surface area contributed by atoms with Crippen molar-refractivity contribution in [3.05, 3.63) is 57.0 Å². The van der Waals surface area contributed by atoms with Crippen LogP contribution < -0.4 is 10.3 Å². The van der Waals surface area contributed by atoms with Crippen molar-refractivity contribution in [2.45, 2.75) is 46.4 Å². The highest BCUT2D eigenvalue weighted by atomic mass is 32.1. The van der Waals surface area contributed by atoms with Crippen LogP contribution in [0.15, 0.2) is 34.4 Å². The molecular weight excluding hydrogens is 358 g/mol. The van der Waals surface area contributed by atoms with Crippen molar-refractivity contribution in [3.8, 4) is 5.75 Å². The van der Waals surface area contributed by atoms with Gasteiger partial charge in [0.05, 0.1) is 11.6 Å². The molecule has 27 heavy (non-hydrogen) atoms. The average Bonchev–Trinajstić information content (AvgIpc) is 2.88. The number of hydrogen-bond acceptors (Lipinski definition) is 5. The highest BCUT2D eigenvalue weighted by Gasteiger charge is 2.19. The number of hydrogen-bond donors (Lipinski definition) is 0. The number of thiophene rings is 1. The molecule has 5 nitrogen and oxygen atoms in total. The zero-order chi connectivity index (χ0) is 19.0. The van der Waals surface area contributed by atoms with Crippen LogP contribution in [-0.2, 0) is 19.5 Å². The molecule has 1 aliphatic heterocycles. The molecule has 142 valence electrons. The first-order valence-corrected chi connectivity index (χ1v) is 10.3. The molecule has 4 rings (SSSR count). The first-order valence-electron chi connectivity index (χ1n) is 9.46. The fraction of sp³-hybridized carbons (Fsp3) is 0.429. The molecule has 0 saturated carbocycles. The number of aryl methyl sites for hydroxylation is 1. The highest BCUT2D eigenvalue weighted by Crippen LogP contribution is 2.22. The van der Waals surface area contributed by atoms with Crippen molar-refractivity contribution in [3.63, 3.8) is 0 Å². The fourth-order valence-corrected chi connectivity index (χ4v) is 4.49. The molecule has 0 unspecified atom stereocenters.